The molecule has 0 aliphatic carbocycles. The largest absolute Gasteiger partial charge is 0.324 e. The number of nitrogens with zero attached hydrogens (tertiary/aromatic N) is 1. The predicted octanol–water partition coefficient (Wildman–Crippen LogP) is 1.41. The number of hydrogen-bond acceptors (Lipinski definition) is 4. The molecule has 18 heavy (non-hydrogen) atoms. The first kappa shape index (κ1) is 12.9. The van der Waals surface area contributed by atoms with Gasteiger partial charge in [0.15, 0.2) is 0 Å². The molecule has 5 nitrogen and oxygen atoms in total. The molecular formula is C13H20N4O. The molecule has 1 aliphatic heterocycles. The standard InChI is InChI=1S/C13H20N4O/c1-10-9-11(15-14)5-6-12(10)13(18)16-17-7-3-2-4-8-17/h5-6,9,15H,2-4,7-8,14H2,1H3,(H,16,18). The van der Waals surface area contributed by atoms with Gasteiger partial charge in [-0.3, -0.25) is 16.1 Å². The molecule has 2 rings (SSSR count). The lowest BCUT2D eigenvalue weighted by molar-refractivity contribution is 0.0749. The van der Waals surface area contributed by atoms with E-state index < -0.39 is 0 Å². The molecule has 0 saturated carbocycles. The van der Waals surface area contributed by atoms with Gasteiger partial charge in [-0.1, -0.05) is 6.42 Å². The fourth-order valence-corrected chi connectivity index (χ4v) is 2.22. The van der Waals surface area contributed by atoms with E-state index in [2.05, 4.69) is 10.9 Å². The molecule has 5 heteroatoms. The molecule has 4 N–H and O–H groups in total. The highest BCUT2D eigenvalue weighted by atomic mass is 16.2. The summed E-state index contributed by atoms with van der Waals surface area (Å²) < 4.78 is 0. The zero-order valence-electron chi connectivity index (χ0n) is 10.7. The van der Waals surface area contributed by atoms with Gasteiger partial charge in [-0.2, -0.15) is 0 Å². The molecule has 0 unspecified atom stereocenters. The quantitative estimate of drug-likeness (QED) is 0.559. The van der Waals surface area contributed by atoms with Crippen LogP contribution in [0.15, 0.2) is 18.2 Å². The van der Waals surface area contributed by atoms with E-state index in [9.17, 15) is 4.79 Å². The zero-order chi connectivity index (χ0) is 13.0. The van der Waals surface area contributed by atoms with E-state index in [1.54, 1.807) is 12.1 Å². The zero-order valence-corrected chi connectivity index (χ0v) is 10.7. The second-order valence-corrected chi connectivity index (χ2v) is 4.66. The van der Waals surface area contributed by atoms with Gasteiger partial charge in [0.25, 0.3) is 5.91 Å². The predicted molar refractivity (Wildman–Crippen MR) is 71.9 cm³/mol. The Morgan fingerprint density at radius 3 is 2.61 bits per heavy atom. The number of nitrogen functional groups attached to an aromatic ring is 1. The van der Waals surface area contributed by atoms with Gasteiger partial charge < -0.3 is 5.43 Å². The summed E-state index contributed by atoms with van der Waals surface area (Å²) in [5.41, 5.74) is 7.95. The van der Waals surface area contributed by atoms with Crippen molar-refractivity contribution >= 4 is 11.6 Å². The molecule has 1 fully saturated rings. The summed E-state index contributed by atoms with van der Waals surface area (Å²) in [5, 5.41) is 2.00. The van der Waals surface area contributed by atoms with E-state index in [-0.39, 0.29) is 5.91 Å². The van der Waals surface area contributed by atoms with Crippen molar-refractivity contribution in [3.63, 3.8) is 0 Å². The second-order valence-electron chi connectivity index (χ2n) is 4.66. The minimum atomic E-state index is -0.0435. The summed E-state index contributed by atoms with van der Waals surface area (Å²) in [4.78, 5) is 12.1. The Labute approximate surface area is 107 Å². The lowest BCUT2D eigenvalue weighted by Crippen LogP contribution is -2.45. The smallest absolute Gasteiger partial charge is 0.265 e. The Bertz CT molecular complexity index is 427. The number of amides is 1. The van der Waals surface area contributed by atoms with Crippen molar-refractivity contribution in [1.29, 1.82) is 0 Å². The highest BCUT2D eigenvalue weighted by Crippen LogP contribution is 2.15. The summed E-state index contributed by atoms with van der Waals surface area (Å²) in [6.07, 6.45) is 3.55. The molecule has 1 aromatic carbocycles. The molecule has 1 heterocycles. The van der Waals surface area contributed by atoms with E-state index in [0.29, 0.717) is 5.56 Å². The molecular weight excluding hydrogens is 228 g/mol. The van der Waals surface area contributed by atoms with Gasteiger partial charge in [-0.15, -0.1) is 0 Å². The number of rotatable bonds is 3. The molecule has 1 amide bonds. The first-order valence-corrected chi connectivity index (χ1v) is 6.34. The van der Waals surface area contributed by atoms with Crippen LogP contribution in [0.25, 0.3) is 0 Å². The average Bonchev–Trinajstić information content (AvgIpc) is 2.39. The third kappa shape index (κ3) is 3.00. The van der Waals surface area contributed by atoms with Crippen molar-refractivity contribution in [2.24, 2.45) is 5.84 Å². The van der Waals surface area contributed by atoms with Crippen molar-refractivity contribution in [3.05, 3.63) is 29.3 Å². The third-order valence-corrected chi connectivity index (χ3v) is 3.25. The van der Waals surface area contributed by atoms with Crippen LogP contribution < -0.4 is 16.7 Å². The highest BCUT2D eigenvalue weighted by molar-refractivity contribution is 5.95. The van der Waals surface area contributed by atoms with Gasteiger partial charge in [-0.25, -0.2) is 5.01 Å². The summed E-state index contributed by atoms with van der Waals surface area (Å²) in [6, 6.07) is 5.47. The average molecular weight is 248 g/mol. The highest BCUT2D eigenvalue weighted by Gasteiger charge is 2.15. The van der Waals surface area contributed by atoms with Crippen LogP contribution in [0.5, 0.6) is 0 Å². The van der Waals surface area contributed by atoms with Crippen LogP contribution in [-0.2, 0) is 0 Å². The van der Waals surface area contributed by atoms with Crippen molar-refractivity contribution in [2.45, 2.75) is 26.2 Å². The minimum absolute atomic E-state index is 0.0435. The van der Waals surface area contributed by atoms with Crippen LogP contribution in [0, 0.1) is 6.92 Å². The second kappa shape index (κ2) is 5.84. The number of hydrogen-bond donors (Lipinski definition) is 3. The molecule has 1 aliphatic rings. The molecule has 0 spiro atoms. The van der Waals surface area contributed by atoms with E-state index in [0.717, 1.165) is 37.2 Å². The van der Waals surface area contributed by atoms with Gasteiger partial charge in [0.1, 0.15) is 0 Å². The minimum Gasteiger partial charge on any atom is -0.324 e. The monoisotopic (exact) mass is 248 g/mol. The SMILES string of the molecule is Cc1cc(NN)ccc1C(=O)NN1CCCCC1. The first-order chi connectivity index (χ1) is 8.70. The molecule has 0 atom stereocenters. The van der Waals surface area contributed by atoms with Crippen LogP contribution in [-0.4, -0.2) is 24.0 Å². The van der Waals surface area contributed by atoms with Crippen molar-refractivity contribution in [2.75, 3.05) is 18.5 Å². The van der Waals surface area contributed by atoms with Crippen LogP contribution in [0.2, 0.25) is 0 Å². The Morgan fingerprint density at radius 1 is 1.28 bits per heavy atom. The first-order valence-electron chi connectivity index (χ1n) is 6.34. The number of nitrogens with one attached hydrogen (secondary N) is 2. The lowest BCUT2D eigenvalue weighted by Gasteiger charge is -2.27. The fraction of sp³-hybridized carbons (Fsp3) is 0.462. The van der Waals surface area contributed by atoms with E-state index in [4.69, 9.17) is 5.84 Å². The van der Waals surface area contributed by atoms with E-state index >= 15 is 0 Å². The topological polar surface area (TPSA) is 70.4 Å². The molecule has 1 saturated heterocycles. The maximum Gasteiger partial charge on any atom is 0.265 e. The number of anilines is 1. The van der Waals surface area contributed by atoms with Gasteiger partial charge in [-0.05, 0) is 43.5 Å². The number of carbonyl (C=O) groups excluding carboxylic acids is 1. The van der Waals surface area contributed by atoms with E-state index in [1.807, 2.05) is 18.0 Å². The van der Waals surface area contributed by atoms with Crippen LogP contribution in [0.3, 0.4) is 0 Å². The summed E-state index contributed by atoms with van der Waals surface area (Å²) >= 11 is 0. The van der Waals surface area contributed by atoms with E-state index in [1.165, 1.54) is 6.42 Å². The van der Waals surface area contributed by atoms with Crippen LogP contribution >= 0.6 is 0 Å². The van der Waals surface area contributed by atoms with Gasteiger partial charge >= 0.3 is 0 Å². The number of benzene rings is 1. The maximum absolute atomic E-state index is 12.1. The Balaban J connectivity index is 2.03. The van der Waals surface area contributed by atoms with Gasteiger partial charge in [0.2, 0.25) is 0 Å². The molecule has 98 valence electrons. The maximum atomic E-state index is 12.1. The normalized spacial score (nSPS) is 16.3. The summed E-state index contributed by atoms with van der Waals surface area (Å²) in [5.74, 6) is 5.29. The number of hydrazine groups is 2. The van der Waals surface area contributed by atoms with Gasteiger partial charge in [0, 0.05) is 24.3 Å². The van der Waals surface area contributed by atoms with Crippen LogP contribution in [0.4, 0.5) is 5.69 Å². The molecule has 0 bridgehead atoms. The molecule has 1 aromatic rings. The fourth-order valence-electron chi connectivity index (χ4n) is 2.22. The summed E-state index contributed by atoms with van der Waals surface area (Å²) in [6.45, 7) is 3.78. The third-order valence-electron chi connectivity index (χ3n) is 3.25. The molecule has 0 radical (unpaired) electrons. The number of piperidine rings is 1. The lowest BCUT2D eigenvalue weighted by atomic mass is 10.1. The molecule has 0 aromatic heterocycles. The van der Waals surface area contributed by atoms with Crippen molar-refractivity contribution < 1.29 is 4.79 Å². The van der Waals surface area contributed by atoms with Gasteiger partial charge in [0.05, 0.1) is 0 Å². The summed E-state index contributed by atoms with van der Waals surface area (Å²) in [7, 11) is 0. The van der Waals surface area contributed by atoms with Crippen molar-refractivity contribution in [3.8, 4) is 0 Å². The Kier molecular flexibility index (Phi) is 4.17. The number of aryl methyl sites for hydroxylation is 1. The number of nitrogens with two attached hydrogens (primary N) is 1. The Hall–Kier alpha value is -1.59. The van der Waals surface area contributed by atoms with Crippen molar-refractivity contribution in [1.82, 2.24) is 10.4 Å². The Morgan fingerprint density at radius 2 is 2.00 bits per heavy atom. The van der Waals surface area contributed by atoms with Crippen LogP contribution in [0.1, 0.15) is 35.2 Å². The number of carbonyl (C=O) groups is 1.